The summed E-state index contributed by atoms with van der Waals surface area (Å²) in [7, 11) is 1.62. The zero-order valence-electron chi connectivity index (χ0n) is 16.4. The molecule has 0 spiro atoms. The Morgan fingerprint density at radius 1 is 1.00 bits per heavy atom. The van der Waals surface area contributed by atoms with Crippen molar-refractivity contribution >= 4 is 34.7 Å². The van der Waals surface area contributed by atoms with Gasteiger partial charge in [0.2, 0.25) is 0 Å². The maximum absolute atomic E-state index is 12.4. The van der Waals surface area contributed by atoms with Crippen LogP contribution in [0.1, 0.15) is 15.9 Å². The minimum absolute atomic E-state index is 0.133. The van der Waals surface area contributed by atoms with E-state index in [0.29, 0.717) is 5.56 Å². The zero-order chi connectivity index (χ0) is 20.8. The quantitative estimate of drug-likeness (QED) is 0.345. The van der Waals surface area contributed by atoms with E-state index in [1.807, 2.05) is 66.7 Å². The summed E-state index contributed by atoms with van der Waals surface area (Å²) in [4.78, 5) is 17.1. The van der Waals surface area contributed by atoms with Gasteiger partial charge in [-0.15, -0.1) is 11.3 Å². The summed E-state index contributed by atoms with van der Waals surface area (Å²) in [5.74, 6) is 1.43. The monoisotopic (exact) mass is 432 g/mol. The van der Waals surface area contributed by atoms with E-state index < -0.39 is 0 Å². The number of methoxy groups -OCH3 is 1. The Morgan fingerprint density at radius 2 is 1.73 bits per heavy atom. The van der Waals surface area contributed by atoms with Crippen molar-refractivity contribution in [2.75, 3.05) is 12.4 Å². The van der Waals surface area contributed by atoms with Crippen LogP contribution < -0.4 is 10.1 Å². The highest BCUT2D eigenvalue weighted by Gasteiger charge is 2.08. The van der Waals surface area contributed by atoms with E-state index in [9.17, 15) is 4.79 Å². The number of nitrogens with one attached hydrogen (secondary N) is 1. The third-order valence-corrected chi connectivity index (χ3v) is 6.57. The van der Waals surface area contributed by atoms with Crippen molar-refractivity contribution in [2.24, 2.45) is 0 Å². The minimum atomic E-state index is -0.133. The lowest BCUT2D eigenvalue weighted by molar-refractivity contribution is 0.102. The SMILES string of the molecule is COc1ccc(NC(=O)c2ccc(CSc3nc(-c4ccccc4)cs3)cc2)cc1. The maximum atomic E-state index is 12.4. The van der Waals surface area contributed by atoms with E-state index in [1.165, 1.54) is 0 Å². The third kappa shape index (κ3) is 5.09. The molecule has 30 heavy (non-hydrogen) atoms. The van der Waals surface area contributed by atoms with Gasteiger partial charge in [-0.1, -0.05) is 54.2 Å². The Balaban J connectivity index is 1.33. The van der Waals surface area contributed by atoms with Gasteiger partial charge in [-0.3, -0.25) is 4.79 Å². The number of amides is 1. The summed E-state index contributed by atoms with van der Waals surface area (Å²) >= 11 is 3.36. The van der Waals surface area contributed by atoms with Gasteiger partial charge in [-0.25, -0.2) is 4.98 Å². The molecule has 0 unspecified atom stereocenters. The molecule has 4 nitrogen and oxygen atoms in total. The lowest BCUT2D eigenvalue weighted by Crippen LogP contribution is -2.11. The largest absolute Gasteiger partial charge is 0.497 e. The number of hydrogen-bond acceptors (Lipinski definition) is 5. The highest BCUT2D eigenvalue weighted by Crippen LogP contribution is 2.30. The fraction of sp³-hybridized carbons (Fsp3) is 0.0833. The molecule has 150 valence electrons. The van der Waals surface area contributed by atoms with Gasteiger partial charge in [0.05, 0.1) is 12.8 Å². The Labute approximate surface area is 184 Å². The number of thiazole rings is 1. The number of benzene rings is 3. The van der Waals surface area contributed by atoms with Gasteiger partial charge in [0.15, 0.2) is 4.34 Å². The van der Waals surface area contributed by atoms with E-state index in [2.05, 4.69) is 22.8 Å². The first-order chi connectivity index (χ1) is 14.7. The highest BCUT2D eigenvalue weighted by molar-refractivity contribution is 8.00. The number of carbonyl (C=O) groups is 1. The Hall–Kier alpha value is -3.09. The lowest BCUT2D eigenvalue weighted by atomic mass is 10.1. The van der Waals surface area contributed by atoms with Crippen LogP contribution in [0.15, 0.2) is 88.6 Å². The summed E-state index contributed by atoms with van der Waals surface area (Å²) in [6.45, 7) is 0. The number of hydrogen-bond donors (Lipinski definition) is 1. The summed E-state index contributed by atoms with van der Waals surface area (Å²) in [5.41, 5.74) is 4.65. The van der Waals surface area contributed by atoms with Crippen LogP contribution >= 0.6 is 23.1 Å². The van der Waals surface area contributed by atoms with Crippen molar-refractivity contribution in [3.05, 3.63) is 95.4 Å². The smallest absolute Gasteiger partial charge is 0.255 e. The van der Waals surface area contributed by atoms with Gasteiger partial charge in [0.1, 0.15) is 5.75 Å². The number of nitrogens with zero attached hydrogens (tertiary/aromatic N) is 1. The number of rotatable bonds is 7. The van der Waals surface area contributed by atoms with Crippen LogP contribution in [0, 0.1) is 0 Å². The fourth-order valence-corrected chi connectivity index (χ4v) is 4.63. The molecule has 0 radical (unpaired) electrons. The zero-order valence-corrected chi connectivity index (χ0v) is 18.0. The molecule has 1 amide bonds. The molecule has 0 aliphatic heterocycles. The maximum Gasteiger partial charge on any atom is 0.255 e. The molecule has 1 N–H and O–H groups in total. The molecule has 4 rings (SSSR count). The average molecular weight is 433 g/mol. The van der Waals surface area contributed by atoms with Crippen molar-refractivity contribution < 1.29 is 9.53 Å². The van der Waals surface area contributed by atoms with Crippen molar-refractivity contribution in [1.29, 1.82) is 0 Å². The van der Waals surface area contributed by atoms with E-state index >= 15 is 0 Å². The molecule has 1 heterocycles. The summed E-state index contributed by atoms with van der Waals surface area (Å²) in [6, 6.07) is 25.1. The second-order valence-corrected chi connectivity index (χ2v) is 8.61. The van der Waals surface area contributed by atoms with E-state index in [-0.39, 0.29) is 5.91 Å². The Kier molecular flexibility index (Phi) is 6.47. The Bertz CT molecular complexity index is 1110. The van der Waals surface area contributed by atoms with Crippen LogP contribution in [0.5, 0.6) is 5.75 Å². The van der Waals surface area contributed by atoms with E-state index in [1.54, 1.807) is 30.2 Å². The molecular formula is C24H20N2O2S2. The second kappa shape index (κ2) is 9.61. The molecular weight excluding hydrogens is 412 g/mol. The number of ether oxygens (including phenoxy) is 1. The van der Waals surface area contributed by atoms with Crippen LogP contribution in [0.2, 0.25) is 0 Å². The molecule has 0 fully saturated rings. The minimum Gasteiger partial charge on any atom is -0.497 e. The second-order valence-electron chi connectivity index (χ2n) is 6.53. The van der Waals surface area contributed by atoms with Gasteiger partial charge >= 0.3 is 0 Å². The first-order valence-corrected chi connectivity index (χ1v) is 11.3. The molecule has 0 aliphatic carbocycles. The van der Waals surface area contributed by atoms with Gasteiger partial charge in [-0.2, -0.15) is 0 Å². The molecule has 0 atom stereocenters. The molecule has 0 bridgehead atoms. The van der Waals surface area contributed by atoms with Gasteiger partial charge in [0.25, 0.3) is 5.91 Å². The summed E-state index contributed by atoms with van der Waals surface area (Å²) in [5, 5.41) is 4.98. The number of aromatic nitrogens is 1. The standard InChI is InChI=1S/C24H20N2O2S2/c1-28-21-13-11-20(12-14-21)25-23(27)19-9-7-17(8-10-19)15-29-24-26-22(16-30-24)18-5-3-2-4-6-18/h2-14,16H,15H2,1H3,(H,25,27). The van der Waals surface area contributed by atoms with Crippen molar-refractivity contribution in [3.63, 3.8) is 0 Å². The number of thioether (sulfide) groups is 1. The molecule has 1 aromatic heterocycles. The van der Waals surface area contributed by atoms with Crippen molar-refractivity contribution in [1.82, 2.24) is 4.98 Å². The van der Waals surface area contributed by atoms with Crippen LogP contribution in [-0.2, 0) is 5.75 Å². The number of anilines is 1. The molecule has 0 saturated heterocycles. The van der Waals surface area contributed by atoms with Crippen LogP contribution in [0.3, 0.4) is 0 Å². The molecule has 6 heteroatoms. The highest BCUT2D eigenvalue weighted by atomic mass is 32.2. The topological polar surface area (TPSA) is 51.2 Å². The Morgan fingerprint density at radius 3 is 2.43 bits per heavy atom. The van der Waals surface area contributed by atoms with Crippen molar-refractivity contribution in [3.8, 4) is 17.0 Å². The fourth-order valence-electron chi connectivity index (χ4n) is 2.84. The third-order valence-electron chi connectivity index (χ3n) is 4.48. The van der Waals surface area contributed by atoms with Crippen LogP contribution in [-0.4, -0.2) is 18.0 Å². The first-order valence-electron chi connectivity index (χ1n) is 9.39. The van der Waals surface area contributed by atoms with E-state index in [4.69, 9.17) is 9.72 Å². The summed E-state index contributed by atoms with van der Waals surface area (Å²) in [6.07, 6.45) is 0. The average Bonchev–Trinajstić information content (AvgIpc) is 3.28. The normalized spacial score (nSPS) is 10.6. The van der Waals surface area contributed by atoms with Gasteiger partial charge in [-0.05, 0) is 42.0 Å². The van der Waals surface area contributed by atoms with Gasteiger partial charge < -0.3 is 10.1 Å². The molecule has 4 aromatic rings. The predicted molar refractivity (Wildman–Crippen MR) is 125 cm³/mol. The van der Waals surface area contributed by atoms with Crippen molar-refractivity contribution in [2.45, 2.75) is 10.1 Å². The van der Waals surface area contributed by atoms with E-state index in [0.717, 1.165) is 38.4 Å². The predicted octanol–water partition coefficient (Wildman–Crippen LogP) is 6.36. The van der Waals surface area contributed by atoms with Crippen LogP contribution in [0.25, 0.3) is 11.3 Å². The van der Waals surface area contributed by atoms with Crippen LogP contribution in [0.4, 0.5) is 5.69 Å². The molecule has 0 aliphatic rings. The van der Waals surface area contributed by atoms with Gasteiger partial charge in [0, 0.05) is 27.9 Å². The number of carbonyl (C=O) groups excluding carboxylic acids is 1. The first kappa shape index (κ1) is 20.2. The molecule has 3 aromatic carbocycles. The lowest BCUT2D eigenvalue weighted by Gasteiger charge is -2.07. The summed E-state index contributed by atoms with van der Waals surface area (Å²) < 4.78 is 6.17. The molecule has 0 saturated carbocycles.